The monoisotopic (exact) mass is 391 g/mol. The molecule has 1 N–H and O–H groups in total. The summed E-state index contributed by atoms with van der Waals surface area (Å²) in [5.74, 6) is 1.74. The number of aryl methyl sites for hydroxylation is 1. The summed E-state index contributed by atoms with van der Waals surface area (Å²) < 4.78 is 0. The van der Waals surface area contributed by atoms with Gasteiger partial charge in [0.25, 0.3) is 0 Å². The number of nitrogens with one attached hydrogen (secondary N) is 1. The highest BCUT2D eigenvalue weighted by Crippen LogP contribution is 2.23. The second-order valence-electron chi connectivity index (χ2n) is 6.36. The second kappa shape index (κ2) is 8.71. The minimum atomic E-state index is 0. The van der Waals surface area contributed by atoms with Crippen LogP contribution in [0.1, 0.15) is 24.2 Å². The number of fused-ring (bicyclic) bond motifs is 1. The van der Waals surface area contributed by atoms with Crippen LogP contribution in [0.3, 0.4) is 0 Å². The molecule has 8 heteroatoms. The summed E-state index contributed by atoms with van der Waals surface area (Å²) in [6.45, 7) is 4.73. The lowest BCUT2D eigenvalue weighted by Crippen LogP contribution is -2.12. The predicted molar refractivity (Wildman–Crippen MR) is 115 cm³/mol. The fourth-order valence-corrected chi connectivity index (χ4v) is 2.92. The van der Waals surface area contributed by atoms with E-state index in [-0.39, 0.29) is 19.4 Å². The van der Waals surface area contributed by atoms with Crippen LogP contribution in [-0.2, 0) is 0 Å². The van der Waals surface area contributed by atoms with E-state index in [1.54, 1.807) is 31.1 Å². The lowest BCUT2D eigenvalue weighted by molar-refractivity contribution is 0.805. The SMILES string of the molecule is Cc1ncc(-c2cc(NC[C@@H](C)c3cccc4nccnc34)ncn2)cn1.S. The highest BCUT2D eigenvalue weighted by molar-refractivity contribution is 7.59. The summed E-state index contributed by atoms with van der Waals surface area (Å²) in [5, 5.41) is 3.39. The fourth-order valence-electron chi connectivity index (χ4n) is 2.92. The number of anilines is 1. The molecule has 0 spiro atoms. The van der Waals surface area contributed by atoms with E-state index < -0.39 is 0 Å². The topological polar surface area (TPSA) is 89.4 Å². The maximum absolute atomic E-state index is 4.49. The Balaban J connectivity index is 0.00000225. The van der Waals surface area contributed by atoms with Crippen molar-refractivity contribution >= 4 is 30.3 Å². The van der Waals surface area contributed by atoms with Gasteiger partial charge in [0, 0.05) is 48.9 Å². The van der Waals surface area contributed by atoms with Crippen LogP contribution in [-0.4, -0.2) is 36.4 Å². The van der Waals surface area contributed by atoms with Crippen molar-refractivity contribution in [3.8, 4) is 11.3 Å². The summed E-state index contributed by atoms with van der Waals surface area (Å²) in [7, 11) is 0. The summed E-state index contributed by atoms with van der Waals surface area (Å²) in [6, 6.07) is 8.00. The summed E-state index contributed by atoms with van der Waals surface area (Å²) in [5.41, 5.74) is 4.66. The first-order chi connectivity index (χ1) is 13.2. The number of nitrogens with zero attached hydrogens (tertiary/aromatic N) is 6. The first kappa shape index (κ1) is 19.6. The van der Waals surface area contributed by atoms with E-state index >= 15 is 0 Å². The summed E-state index contributed by atoms with van der Waals surface area (Å²) >= 11 is 0. The van der Waals surface area contributed by atoms with Gasteiger partial charge in [0.05, 0.1) is 16.7 Å². The van der Waals surface area contributed by atoms with Crippen molar-refractivity contribution in [2.45, 2.75) is 19.8 Å². The van der Waals surface area contributed by atoms with E-state index in [2.05, 4.69) is 48.2 Å². The van der Waals surface area contributed by atoms with Crippen molar-refractivity contribution in [1.82, 2.24) is 29.9 Å². The van der Waals surface area contributed by atoms with Gasteiger partial charge in [-0.2, -0.15) is 13.5 Å². The van der Waals surface area contributed by atoms with E-state index in [0.29, 0.717) is 0 Å². The minimum absolute atomic E-state index is 0. The van der Waals surface area contributed by atoms with E-state index in [9.17, 15) is 0 Å². The molecule has 4 aromatic rings. The molecule has 0 saturated heterocycles. The van der Waals surface area contributed by atoms with Gasteiger partial charge in [-0.25, -0.2) is 19.9 Å². The third-order valence-electron chi connectivity index (χ3n) is 4.39. The Bertz CT molecular complexity index is 1060. The van der Waals surface area contributed by atoms with Crippen molar-refractivity contribution in [3.05, 3.63) is 66.8 Å². The molecule has 7 nitrogen and oxygen atoms in total. The lowest BCUT2D eigenvalue weighted by atomic mass is 9.99. The van der Waals surface area contributed by atoms with Gasteiger partial charge < -0.3 is 5.32 Å². The third kappa shape index (κ3) is 4.23. The first-order valence-corrected chi connectivity index (χ1v) is 8.75. The molecule has 0 aliphatic carbocycles. The van der Waals surface area contributed by atoms with Crippen molar-refractivity contribution in [2.24, 2.45) is 0 Å². The van der Waals surface area contributed by atoms with E-state index in [1.807, 2.05) is 25.1 Å². The quantitative estimate of drug-likeness (QED) is 0.557. The predicted octanol–water partition coefficient (Wildman–Crippen LogP) is 3.51. The molecule has 0 radical (unpaired) electrons. The normalized spacial score (nSPS) is 11.6. The van der Waals surface area contributed by atoms with Crippen LogP contribution in [0.5, 0.6) is 0 Å². The number of para-hydroxylation sites is 1. The summed E-state index contributed by atoms with van der Waals surface area (Å²) in [6.07, 6.45) is 8.53. The van der Waals surface area contributed by atoms with Gasteiger partial charge >= 0.3 is 0 Å². The fraction of sp³-hybridized carbons (Fsp3) is 0.200. The van der Waals surface area contributed by atoms with Gasteiger partial charge in [0.15, 0.2) is 0 Å². The average Bonchev–Trinajstić information content (AvgIpc) is 2.72. The zero-order chi connectivity index (χ0) is 18.6. The molecular weight excluding hydrogens is 370 g/mol. The van der Waals surface area contributed by atoms with Gasteiger partial charge in [0.1, 0.15) is 18.0 Å². The number of aromatic nitrogens is 6. The van der Waals surface area contributed by atoms with Crippen LogP contribution in [0.4, 0.5) is 5.82 Å². The minimum Gasteiger partial charge on any atom is -0.369 e. The second-order valence-corrected chi connectivity index (χ2v) is 6.36. The molecule has 3 heterocycles. The van der Waals surface area contributed by atoms with Crippen LogP contribution >= 0.6 is 13.5 Å². The van der Waals surface area contributed by atoms with Gasteiger partial charge in [-0.05, 0) is 18.6 Å². The Morgan fingerprint density at radius 1 is 0.964 bits per heavy atom. The number of hydrogen-bond donors (Lipinski definition) is 1. The zero-order valence-corrected chi connectivity index (χ0v) is 16.7. The van der Waals surface area contributed by atoms with E-state index in [4.69, 9.17) is 0 Å². The maximum Gasteiger partial charge on any atom is 0.129 e. The molecule has 0 bridgehead atoms. The first-order valence-electron chi connectivity index (χ1n) is 8.75. The Kier molecular flexibility index (Phi) is 6.10. The molecular formula is C20H21N7S. The van der Waals surface area contributed by atoms with Crippen molar-refractivity contribution in [3.63, 3.8) is 0 Å². The molecule has 28 heavy (non-hydrogen) atoms. The van der Waals surface area contributed by atoms with E-state index in [0.717, 1.165) is 46.0 Å². The third-order valence-corrected chi connectivity index (χ3v) is 4.39. The Morgan fingerprint density at radius 2 is 1.75 bits per heavy atom. The standard InChI is InChI=1S/C20H19N7.H2S/c1-13(16-4-3-5-17-20(16)22-7-6-21-17)9-25-19-8-18(26-12-27-19)15-10-23-14(2)24-11-15;/h3-8,10-13H,9H2,1-2H3,(H,25,26,27);1H2/t13-;/m1./s1. The smallest absolute Gasteiger partial charge is 0.129 e. The van der Waals surface area contributed by atoms with Crippen molar-refractivity contribution in [2.75, 3.05) is 11.9 Å². The highest BCUT2D eigenvalue weighted by atomic mass is 32.1. The Labute approximate surface area is 170 Å². The Morgan fingerprint density at radius 3 is 2.57 bits per heavy atom. The van der Waals surface area contributed by atoms with Crippen LogP contribution in [0.15, 0.2) is 55.4 Å². The van der Waals surface area contributed by atoms with Gasteiger partial charge in [-0.1, -0.05) is 19.1 Å². The van der Waals surface area contributed by atoms with Crippen LogP contribution in [0.25, 0.3) is 22.3 Å². The highest BCUT2D eigenvalue weighted by Gasteiger charge is 2.11. The van der Waals surface area contributed by atoms with E-state index in [1.165, 1.54) is 0 Å². The molecule has 0 aliphatic rings. The molecule has 0 amide bonds. The molecule has 142 valence electrons. The molecule has 1 atom stereocenters. The molecule has 3 aromatic heterocycles. The summed E-state index contributed by atoms with van der Waals surface area (Å²) in [4.78, 5) is 25.9. The lowest BCUT2D eigenvalue weighted by Gasteiger charge is -2.15. The molecule has 0 aliphatic heterocycles. The van der Waals surface area contributed by atoms with Crippen LogP contribution in [0.2, 0.25) is 0 Å². The van der Waals surface area contributed by atoms with Gasteiger partial charge in [-0.3, -0.25) is 9.97 Å². The van der Waals surface area contributed by atoms with Crippen LogP contribution < -0.4 is 5.32 Å². The number of rotatable bonds is 5. The van der Waals surface area contributed by atoms with Gasteiger partial charge in [-0.15, -0.1) is 0 Å². The van der Waals surface area contributed by atoms with Gasteiger partial charge in [0.2, 0.25) is 0 Å². The Hall–Kier alpha value is -3.13. The van der Waals surface area contributed by atoms with Crippen LogP contribution in [0, 0.1) is 6.92 Å². The number of hydrogen-bond acceptors (Lipinski definition) is 7. The molecule has 0 unspecified atom stereocenters. The molecule has 4 rings (SSSR count). The van der Waals surface area contributed by atoms with Crippen molar-refractivity contribution < 1.29 is 0 Å². The maximum atomic E-state index is 4.49. The largest absolute Gasteiger partial charge is 0.369 e. The average molecular weight is 392 g/mol. The number of benzene rings is 1. The zero-order valence-electron chi connectivity index (χ0n) is 15.7. The molecule has 0 fully saturated rings. The molecule has 1 aromatic carbocycles. The van der Waals surface area contributed by atoms with Crippen molar-refractivity contribution in [1.29, 1.82) is 0 Å². The molecule has 0 saturated carbocycles.